The van der Waals surface area contributed by atoms with Crippen LogP contribution in [0.5, 0.6) is 0 Å². The predicted octanol–water partition coefficient (Wildman–Crippen LogP) is 13.8. The molecule has 0 heterocycles. The van der Waals surface area contributed by atoms with Crippen molar-refractivity contribution in [3.63, 3.8) is 0 Å². The van der Waals surface area contributed by atoms with E-state index in [0.29, 0.717) is 19.3 Å². The molecular weight excluding hydrogens is 636 g/mol. The zero-order chi connectivity index (χ0) is 37.6. The number of hydrogen-bond donors (Lipinski definition) is 0. The van der Waals surface area contributed by atoms with E-state index in [2.05, 4.69) is 34.6 Å². The minimum absolute atomic E-state index is 0.0659. The van der Waals surface area contributed by atoms with Crippen molar-refractivity contribution in [3.05, 3.63) is 0 Å². The summed E-state index contributed by atoms with van der Waals surface area (Å²) in [5.74, 6) is 0.820. The van der Waals surface area contributed by atoms with Crippen molar-refractivity contribution < 1.29 is 28.6 Å². The molecule has 51 heavy (non-hydrogen) atoms. The van der Waals surface area contributed by atoms with Crippen LogP contribution in [0.15, 0.2) is 0 Å². The van der Waals surface area contributed by atoms with Gasteiger partial charge in [0.05, 0.1) is 0 Å². The summed E-state index contributed by atoms with van der Waals surface area (Å²) < 4.78 is 16.7. The van der Waals surface area contributed by atoms with E-state index in [1.807, 2.05) is 0 Å². The third-order valence-electron chi connectivity index (χ3n) is 10.7. The van der Waals surface area contributed by atoms with Crippen LogP contribution < -0.4 is 0 Å². The zero-order valence-electron chi connectivity index (χ0n) is 34.7. The van der Waals surface area contributed by atoms with Crippen LogP contribution in [-0.4, -0.2) is 37.2 Å². The predicted molar refractivity (Wildman–Crippen MR) is 215 cm³/mol. The van der Waals surface area contributed by atoms with Crippen LogP contribution in [0.25, 0.3) is 0 Å². The van der Waals surface area contributed by atoms with E-state index in [-0.39, 0.29) is 31.1 Å². The van der Waals surface area contributed by atoms with E-state index in [0.717, 1.165) is 69.6 Å². The second-order valence-electron chi connectivity index (χ2n) is 15.8. The van der Waals surface area contributed by atoms with Gasteiger partial charge in [0.15, 0.2) is 6.10 Å². The monoisotopic (exact) mass is 723 g/mol. The standard InChI is InChI=1S/C45H86O6/c1-6-9-10-11-12-15-20-27-32-37-45(48)51-42(39-50-44(47)36-31-26-22-21-24-29-34-41(5)8-3)38-49-43(46)35-30-25-19-17-14-13-16-18-23-28-33-40(4)7-2/h40-42H,6-39H2,1-5H3/t40?,41?,42-/m1/s1. The van der Waals surface area contributed by atoms with Gasteiger partial charge in [0.2, 0.25) is 0 Å². The third kappa shape index (κ3) is 36.6. The molecule has 0 radical (unpaired) electrons. The highest BCUT2D eigenvalue weighted by molar-refractivity contribution is 5.71. The Kier molecular flexibility index (Phi) is 37.0. The Balaban J connectivity index is 4.32. The summed E-state index contributed by atoms with van der Waals surface area (Å²) in [6.45, 7) is 11.3. The van der Waals surface area contributed by atoms with Gasteiger partial charge in [0.25, 0.3) is 0 Å². The SMILES string of the molecule is CCCCCCCCCCCC(=O)O[C@H](COC(=O)CCCCCCCCCCCCC(C)CC)COC(=O)CCCCCCCCC(C)CC. The van der Waals surface area contributed by atoms with E-state index in [9.17, 15) is 14.4 Å². The molecule has 6 heteroatoms. The number of esters is 3. The molecule has 6 nitrogen and oxygen atoms in total. The summed E-state index contributed by atoms with van der Waals surface area (Å²) in [5.41, 5.74) is 0. The van der Waals surface area contributed by atoms with Gasteiger partial charge in [-0.25, -0.2) is 0 Å². The number of carbonyl (C=O) groups excluding carboxylic acids is 3. The minimum atomic E-state index is -0.760. The Hall–Kier alpha value is -1.59. The first-order chi connectivity index (χ1) is 24.8. The minimum Gasteiger partial charge on any atom is -0.462 e. The van der Waals surface area contributed by atoms with Gasteiger partial charge in [-0.05, 0) is 31.1 Å². The van der Waals surface area contributed by atoms with Crippen molar-refractivity contribution in [2.45, 2.75) is 246 Å². The lowest BCUT2D eigenvalue weighted by Crippen LogP contribution is -2.30. The summed E-state index contributed by atoms with van der Waals surface area (Å²) in [6, 6.07) is 0. The lowest BCUT2D eigenvalue weighted by Gasteiger charge is -2.18. The molecule has 0 saturated heterocycles. The number of rotatable bonds is 39. The molecule has 302 valence electrons. The first-order valence-corrected chi connectivity index (χ1v) is 22.3. The van der Waals surface area contributed by atoms with Crippen LogP contribution in [0, 0.1) is 11.8 Å². The van der Waals surface area contributed by atoms with Gasteiger partial charge in [-0.15, -0.1) is 0 Å². The molecule has 0 N–H and O–H groups in total. The average molecular weight is 723 g/mol. The lowest BCUT2D eigenvalue weighted by atomic mass is 9.99. The molecule has 0 spiro atoms. The fraction of sp³-hybridized carbons (Fsp3) is 0.933. The van der Waals surface area contributed by atoms with Crippen molar-refractivity contribution in [2.75, 3.05) is 13.2 Å². The molecular formula is C45H86O6. The van der Waals surface area contributed by atoms with Gasteiger partial charge in [0, 0.05) is 19.3 Å². The van der Waals surface area contributed by atoms with E-state index in [1.165, 1.54) is 128 Å². The Morgan fingerprint density at radius 1 is 0.392 bits per heavy atom. The Bertz CT molecular complexity index is 783. The smallest absolute Gasteiger partial charge is 0.306 e. The van der Waals surface area contributed by atoms with Crippen LogP contribution >= 0.6 is 0 Å². The van der Waals surface area contributed by atoms with Gasteiger partial charge in [0.1, 0.15) is 13.2 Å². The summed E-state index contributed by atoms with van der Waals surface area (Å²) in [7, 11) is 0. The van der Waals surface area contributed by atoms with Crippen molar-refractivity contribution in [1.29, 1.82) is 0 Å². The van der Waals surface area contributed by atoms with Gasteiger partial charge in [-0.2, -0.15) is 0 Å². The maximum absolute atomic E-state index is 12.6. The Labute approximate surface area is 317 Å². The molecule has 0 aliphatic carbocycles. The van der Waals surface area contributed by atoms with Gasteiger partial charge < -0.3 is 14.2 Å². The maximum atomic E-state index is 12.6. The summed E-state index contributed by atoms with van der Waals surface area (Å²) in [6.07, 6.45) is 35.1. The van der Waals surface area contributed by atoms with Crippen molar-refractivity contribution in [1.82, 2.24) is 0 Å². The van der Waals surface area contributed by atoms with Crippen molar-refractivity contribution in [3.8, 4) is 0 Å². The van der Waals surface area contributed by atoms with E-state index < -0.39 is 6.10 Å². The highest BCUT2D eigenvalue weighted by Crippen LogP contribution is 2.17. The van der Waals surface area contributed by atoms with Gasteiger partial charge >= 0.3 is 17.9 Å². The average Bonchev–Trinajstić information content (AvgIpc) is 3.13. The highest BCUT2D eigenvalue weighted by Gasteiger charge is 2.19. The largest absolute Gasteiger partial charge is 0.462 e. The molecule has 2 unspecified atom stereocenters. The normalized spacial score (nSPS) is 13.1. The molecule has 0 aliphatic rings. The highest BCUT2D eigenvalue weighted by atomic mass is 16.6. The van der Waals surface area contributed by atoms with E-state index >= 15 is 0 Å². The lowest BCUT2D eigenvalue weighted by molar-refractivity contribution is -0.167. The van der Waals surface area contributed by atoms with Crippen molar-refractivity contribution >= 4 is 17.9 Å². The molecule has 0 saturated carbocycles. The van der Waals surface area contributed by atoms with E-state index in [4.69, 9.17) is 14.2 Å². The number of ether oxygens (including phenoxy) is 3. The molecule has 0 aromatic heterocycles. The van der Waals surface area contributed by atoms with Crippen LogP contribution in [0.3, 0.4) is 0 Å². The molecule has 0 fully saturated rings. The molecule has 0 amide bonds. The summed E-state index contributed by atoms with van der Waals surface area (Å²) in [4.78, 5) is 37.6. The maximum Gasteiger partial charge on any atom is 0.306 e. The fourth-order valence-electron chi connectivity index (χ4n) is 6.51. The molecule has 3 atom stereocenters. The van der Waals surface area contributed by atoms with E-state index in [1.54, 1.807) is 0 Å². The van der Waals surface area contributed by atoms with Crippen molar-refractivity contribution in [2.24, 2.45) is 11.8 Å². The topological polar surface area (TPSA) is 78.9 Å². The summed E-state index contributed by atoms with van der Waals surface area (Å²) >= 11 is 0. The molecule has 0 bridgehead atoms. The summed E-state index contributed by atoms with van der Waals surface area (Å²) in [5, 5.41) is 0. The second kappa shape index (κ2) is 38.1. The quantitative estimate of drug-likeness (QED) is 0.0357. The van der Waals surface area contributed by atoms with Gasteiger partial charge in [-0.3, -0.25) is 14.4 Å². The first-order valence-electron chi connectivity index (χ1n) is 22.3. The fourth-order valence-corrected chi connectivity index (χ4v) is 6.51. The van der Waals surface area contributed by atoms with Crippen LogP contribution in [-0.2, 0) is 28.6 Å². The molecule has 0 aromatic rings. The van der Waals surface area contributed by atoms with Gasteiger partial charge in [-0.1, -0.05) is 202 Å². The number of unbranched alkanes of at least 4 members (excludes halogenated alkanes) is 22. The molecule has 0 aromatic carbocycles. The molecule has 0 aliphatic heterocycles. The molecule has 0 rings (SSSR count). The van der Waals surface area contributed by atoms with Crippen LogP contribution in [0.1, 0.15) is 240 Å². The first kappa shape index (κ1) is 49.4. The number of carbonyl (C=O) groups is 3. The zero-order valence-corrected chi connectivity index (χ0v) is 34.7. The van der Waals surface area contributed by atoms with Crippen LogP contribution in [0.4, 0.5) is 0 Å². The van der Waals surface area contributed by atoms with Crippen LogP contribution in [0.2, 0.25) is 0 Å². The third-order valence-corrected chi connectivity index (χ3v) is 10.7. The number of hydrogen-bond acceptors (Lipinski definition) is 6. The Morgan fingerprint density at radius 3 is 1.02 bits per heavy atom. The Morgan fingerprint density at radius 2 is 0.686 bits per heavy atom. The second-order valence-corrected chi connectivity index (χ2v) is 15.8.